The van der Waals surface area contributed by atoms with E-state index in [1.165, 1.54) is 18.2 Å². The van der Waals surface area contributed by atoms with Crippen LogP contribution in [-0.4, -0.2) is 4.98 Å². The minimum atomic E-state index is -4.56. The maximum atomic E-state index is 13.3. The van der Waals surface area contributed by atoms with Crippen LogP contribution in [0, 0.1) is 17.1 Å². The Balaban J connectivity index is 2.69. The molecule has 1 heterocycles. The first kappa shape index (κ1) is 14.0. The summed E-state index contributed by atoms with van der Waals surface area (Å²) in [6, 6.07) is 7.59. The van der Waals surface area contributed by atoms with Crippen LogP contribution in [0.25, 0.3) is 11.1 Å². The quantitative estimate of drug-likeness (QED) is 0.780. The van der Waals surface area contributed by atoms with Crippen molar-refractivity contribution in [2.24, 2.45) is 0 Å². The molecule has 1 aromatic carbocycles. The monoisotopic (exact) mass is 280 g/mol. The summed E-state index contributed by atoms with van der Waals surface area (Å²) >= 11 is 0. The summed E-state index contributed by atoms with van der Waals surface area (Å²) in [6.07, 6.45) is -3.87. The number of hydrogen-bond acceptors (Lipinski definition) is 2. The molecule has 0 saturated carbocycles. The first-order chi connectivity index (χ1) is 9.43. The number of benzene rings is 1. The van der Waals surface area contributed by atoms with Gasteiger partial charge in [0.2, 0.25) is 0 Å². The molecule has 2 aromatic rings. The summed E-state index contributed by atoms with van der Waals surface area (Å²) in [5.41, 5.74) is -0.964. The molecule has 102 valence electrons. The van der Waals surface area contributed by atoms with Gasteiger partial charge in [0.1, 0.15) is 5.82 Å². The van der Waals surface area contributed by atoms with Crippen molar-refractivity contribution in [2.45, 2.75) is 12.6 Å². The molecule has 0 radical (unpaired) electrons. The Labute approximate surface area is 112 Å². The van der Waals surface area contributed by atoms with Crippen molar-refractivity contribution >= 4 is 0 Å². The second kappa shape index (κ2) is 5.29. The minimum absolute atomic E-state index is 0.0144. The molecule has 0 atom stereocenters. The number of rotatable bonds is 2. The fraction of sp³-hybridized carbons (Fsp3) is 0.143. The van der Waals surface area contributed by atoms with E-state index in [2.05, 4.69) is 4.98 Å². The first-order valence-corrected chi connectivity index (χ1v) is 5.61. The Morgan fingerprint density at radius 3 is 2.50 bits per heavy atom. The SMILES string of the molecule is N#CCc1ncc(F)cc1-c1ccccc1C(F)(F)F. The van der Waals surface area contributed by atoms with Gasteiger partial charge < -0.3 is 0 Å². The van der Waals surface area contributed by atoms with Crippen LogP contribution in [-0.2, 0) is 12.6 Å². The van der Waals surface area contributed by atoms with Crippen molar-refractivity contribution in [3.8, 4) is 17.2 Å². The predicted molar refractivity (Wildman–Crippen MR) is 64.0 cm³/mol. The third kappa shape index (κ3) is 2.77. The third-order valence-electron chi connectivity index (χ3n) is 2.71. The van der Waals surface area contributed by atoms with Crippen LogP contribution in [0.15, 0.2) is 36.5 Å². The number of aromatic nitrogens is 1. The maximum absolute atomic E-state index is 13.3. The Morgan fingerprint density at radius 1 is 1.15 bits per heavy atom. The van der Waals surface area contributed by atoms with Crippen molar-refractivity contribution in [3.63, 3.8) is 0 Å². The lowest BCUT2D eigenvalue weighted by Crippen LogP contribution is -2.08. The lowest BCUT2D eigenvalue weighted by atomic mass is 9.97. The summed E-state index contributed by atoms with van der Waals surface area (Å²) < 4.78 is 52.2. The smallest absolute Gasteiger partial charge is 0.257 e. The fourth-order valence-corrected chi connectivity index (χ4v) is 1.88. The highest BCUT2D eigenvalue weighted by atomic mass is 19.4. The third-order valence-corrected chi connectivity index (χ3v) is 2.71. The van der Waals surface area contributed by atoms with Crippen LogP contribution in [0.3, 0.4) is 0 Å². The van der Waals surface area contributed by atoms with E-state index < -0.39 is 17.6 Å². The minimum Gasteiger partial charge on any atom is -0.257 e. The van der Waals surface area contributed by atoms with Crippen LogP contribution in [0.1, 0.15) is 11.3 Å². The highest BCUT2D eigenvalue weighted by Crippen LogP contribution is 2.37. The number of nitrogens with zero attached hydrogens (tertiary/aromatic N) is 2. The molecular formula is C14H8F4N2. The van der Waals surface area contributed by atoms with Crippen molar-refractivity contribution in [1.29, 1.82) is 5.26 Å². The summed E-state index contributed by atoms with van der Waals surface area (Å²) in [5.74, 6) is -0.751. The summed E-state index contributed by atoms with van der Waals surface area (Å²) in [4.78, 5) is 3.70. The first-order valence-electron chi connectivity index (χ1n) is 5.61. The molecule has 0 saturated heterocycles. The van der Waals surface area contributed by atoms with Gasteiger partial charge in [-0.25, -0.2) is 4.39 Å². The van der Waals surface area contributed by atoms with Gasteiger partial charge in [0.25, 0.3) is 0 Å². The number of nitriles is 1. The van der Waals surface area contributed by atoms with E-state index in [0.29, 0.717) is 0 Å². The lowest BCUT2D eigenvalue weighted by Gasteiger charge is -2.14. The topological polar surface area (TPSA) is 36.7 Å². The van der Waals surface area contributed by atoms with Crippen LogP contribution in [0.4, 0.5) is 17.6 Å². The summed E-state index contributed by atoms with van der Waals surface area (Å²) in [6.45, 7) is 0. The van der Waals surface area contributed by atoms with E-state index in [1.807, 2.05) is 0 Å². The molecule has 2 rings (SSSR count). The molecule has 0 aliphatic heterocycles. The lowest BCUT2D eigenvalue weighted by molar-refractivity contribution is -0.137. The van der Waals surface area contributed by atoms with Gasteiger partial charge in [-0.1, -0.05) is 18.2 Å². The normalized spacial score (nSPS) is 11.2. The Bertz CT molecular complexity index is 672. The number of alkyl halides is 3. The highest BCUT2D eigenvalue weighted by molar-refractivity contribution is 5.70. The Kier molecular flexibility index (Phi) is 3.70. The molecule has 0 aliphatic rings. The fourth-order valence-electron chi connectivity index (χ4n) is 1.88. The highest BCUT2D eigenvalue weighted by Gasteiger charge is 2.33. The van der Waals surface area contributed by atoms with E-state index >= 15 is 0 Å². The van der Waals surface area contributed by atoms with E-state index in [1.54, 1.807) is 6.07 Å². The van der Waals surface area contributed by atoms with Gasteiger partial charge in [0.15, 0.2) is 0 Å². The van der Waals surface area contributed by atoms with E-state index in [-0.39, 0.29) is 23.2 Å². The van der Waals surface area contributed by atoms with Crippen LogP contribution in [0.5, 0.6) is 0 Å². The zero-order valence-corrected chi connectivity index (χ0v) is 10.1. The Morgan fingerprint density at radius 2 is 1.85 bits per heavy atom. The second-order valence-corrected chi connectivity index (χ2v) is 4.03. The molecule has 1 aromatic heterocycles. The zero-order chi connectivity index (χ0) is 14.8. The van der Waals surface area contributed by atoms with Gasteiger partial charge in [0.05, 0.1) is 29.9 Å². The van der Waals surface area contributed by atoms with Crippen molar-refractivity contribution in [2.75, 3.05) is 0 Å². The van der Waals surface area contributed by atoms with Gasteiger partial charge in [-0.3, -0.25) is 4.98 Å². The molecule has 20 heavy (non-hydrogen) atoms. The molecule has 2 nitrogen and oxygen atoms in total. The molecular weight excluding hydrogens is 272 g/mol. The maximum Gasteiger partial charge on any atom is 0.417 e. The van der Waals surface area contributed by atoms with Gasteiger partial charge in [-0.15, -0.1) is 0 Å². The van der Waals surface area contributed by atoms with Crippen LogP contribution in [0.2, 0.25) is 0 Å². The summed E-state index contributed by atoms with van der Waals surface area (Å²) in [7, 11) is 0. The van der Waals surface area contributed by atoms with E-state index in [9.17, 15) is 17.6 Å². The molecule has 0 N–H and O–H groups in total. The largest absolute Gasteiger partial charge is 0.417 e. The zero-order valence-electron chi connectivity index (χ0n) is 10.1. The van der Waals surface area contributed by atoms with E-state index in [0.717, 1.165) is 18.3 Å². The average molecular weight is 280 g/mol. The van der Waals surface area contributed by atoms with Gasteiger partial charge >= 0.3 is 6.18 Å². The predicted octanol–water partition coefficient (Wildman–Crippen LogP) is 3.97. The van der Waals surface area contributed by atoms with Crippen LogP contribution < -0.4 is 0 Å². The standard InChI is InChI=1S/C14H8F4N2/c15-9-7-11(13(5-6-19)20-8-9)10-3-1-2-4-12(10)14(16,17)18/h1-4,7-8H,5H2. The van der Waals surface area contributed by atoms with Crippen molar-refractivity contribution in [1.82, 2.24) is 4.98 Å². The van der Waals surface area contributed by atoms with Crippen molar-refractivity contribution < 1.29 is 17.6 Å². The molecule has 0 unspecified atom stereocenters. The molecule has 0 spiro atoms. The number of hydrogen-bond donors (Lipinski definition) is 0. The summed E-state index contributed by atoms with van der Waals surface area (Å²) in [5, 5.41) is 8.68. The number of pyridine rings is 1. The average Bonchev–Trinajstić information content (AvgIpc) is 2.40. The number of halogens is 4. The molecule has 0 aliphatic carbocycles. The molecule has 6 heteroatoms. The van der Waals surface area contributed by atoms with Gasteiger partial charge in [-0.05, 0) is 17.7 Å². The van der Waals surface area contributed by atoms with Gasteiger partial charge in [0, 0.05) is 5.56 Å². The second-order valence-electron chi connectivity index (χ2n) is 4.03. The molecule has 0 fully saturated rings. The van der Waals surface area contributed by atoms with Crippen molar-refractivity contribution in [3.05, 3.63) is 53.6 Å². The van der Waals surface area contributed by atoms with E-state index in [4.69, 9.17) is 5.26 Å². The van der Waals surface area contributed by atoms with Crippen LogP contribution >= 0.6 is 0 Å². The Hall–Kier alpha value is -2.42. The van der Waals surface area contributed by atoms with Gasteiger partial charge in [-0.2, -0.15) is 18.4 Å². The molecule has 0 bridgehead atoms. The molecule has 0 amide bonds.